The molecule has 1 amide bonds. The van der Waals surface area contributed by atoms with E-state index >= 15 is 0 Å². The first-order valence-corrected chi connectivity index (χ1v) is 7.40. The lowest BCUT2D eigenvalue weighted by Gasteiger charge is -2.14. The summed E-state index contributed by atoms with van der Waals surface area (Å²) in [7, 11) is 0. The molecular weight excluding hydrogens is 313 g/mol. The molecule has 0 saturated carbocycles. The molecule has 0 bridgehead atoms. The van der Waals surface area contributed by atoms with Crippen LogP contribution in [0.5, 0.6) is 5.75 Å². The number of phenolic OH excluding ortho intramolecular Hbond substituents is 1. The van der Waals surface area contributed by atoms with Crippen molar-refractivity contribution < 1.29 is 23.8 Å². The van der Waals surface area contributed by atoms with Gasteiger partial charge in [-0.2, -0.15) is 0 Å². The molecule has 126 valence electrons. The van der Waals surface area contributed by atoms with Crippen LogP contribution < -0.4 is 5.32 Å². The van der Waals surface area contributed by atoms with Gasteiger partial charge in [-0.05, 0) is 43.2 Å². The Labute approximate surface area is 139 Å². The Balaban J connectivity index is 1.92. The van der Waals surface area contributed by atoms with Crippen molar-refractivity contribution >= 4 is 11.9 Å². The zero-order valence-corrected chi connectivity index (χ0v) is 13.4. The number of amides is 1. The summed E-state index contributed by atoms with van der Waals surface area (Å²) in [5.74, 6) is -1.78. The number of aryl methyl sites for hydroxylation is 1. The molecule has 0 aliphatic rings. The van der Waals surface area contributed by atoms with Gasteiger partial charge in [0.05, 0.1) is 0 Å². The monoisotopic (exact) mass is 331 g/mol. The van der Waals surface area contributed by atoms with Crippen molar-refractivity contribution in [1.82, 2.24) is 5.32 Å². The number of ether oxygens (including phenoxy) is 1. The number of carbonyl (C=O) groups excluding carboxylic acids is 2. The first-order valence-electron chi connectivity index (χ1n) is 7.40. The van der Waals surface area contributed by atoms with Gasteiger partial charge in [0.1, 0.15) is 17.1 Å². The number of aromatic hydroxyl groups is 1. The summed E-state index contributed by atoms with van der Waals surface area (Å²) < 4.78 is 17.9. The lowest BCUT2D eigenvalue weighted by atomic mass is 10.1. The number of phenols is 1. The van der Waals surface area contributed by atoms with Gasteiger partial charge >= 0.3 is 5.97 Å². The van der Waals surface area contributed by atoms with Gasteiger partial charge < -0.3 is 15.2 Å². The van der Waals surface area contributed by atoms with Crippen molar-refractivity contribution in [1.29, 1.82) is 0 Å². The van der Waals surface area contributed by atoms with Gasteiger partial charge in [-0.15, -0.1) is 0 Å². The minimum absolute atomic E-state index is 0.00758. The van der Waals surface area contributed by atoms with Gasteiger partial charge in [0.25, 0.3) is 5.91 Å². The van der Waals surface area contributed by atoms with Crippen LogP contribution in [0, 0.1) is 12.7 Å². The van der Waals surface area contributed by atoms with Crippen LogP contribution in [0.15, 0.2) is 42.5 Å². The molecule has 2 aromatic carbocycles. The van der Waals surface area contributed by atoms with Gasteiger partial charge in [0.2, 0.25) is 0 Å². The summed E-state index contributed by atoms with van der Waals surface area (Å²) in [4.78, 5) is 24.0. The quantitative estimate of drug-likeness (QED) is 0.826. The van der Waals surface area contributed by atoms with Crippen LogP contribution >= 0.6 is 0 Å². The predicted octanol–water partition coefficient (Wildman–Crippen LogP) is 2.70. The van der Waals surface area contributed by atoms with Crippen LogP contribution in [-0.4, -0.2) is 23.1 Å². The highest BCUT2D eigenvalue weighted by Gasteiger charge is 2.21. The average molecular weight is 331 g/mol. The third-order valence-corrected chi connectivity index (χ3v) is 3.49. The third kappa shape index (κ3) is 4.32. The Hall–Kier alpha value is -2.89. The van der Waals surface area contributed by atoms with E-state index in [0.29, 0.717) is 5.56 Å². The van der Waals surface area contributed by atoms with Gasteiger partial charge in [-0.25, -0.2) is 9.18 Å². The largest absolute Gasteiger partial charge is 0.507 e. The maximum atomic E-state index is 12.8. The molecule has 0 spiro atoms. The van der Waals surface area contributed by atoms with E-state index in [1.54, 1.807) is 31.2 Å². The summed E-state index contributed by atoms with van der Waals surface area (Å²) >= 11 is 0. The number of halogens is 1. The number of hydrogen-bond acceptors (Lipinski definition) is 4. The van der Waals surface area contributed by atoms with Crippen LogP contribution in [0.4, 0.5) is 4.39 Å². The van der Waals surface area contributed by atoms with E-state index in [-0.39, 0.29) is 23.7 Å². The van der Waals surface area contributed by atoms with E-state index < -0.39 is 18.0 Å². The lowest BCUT2D eigenvalue weighted by Crippen LogP contribution is -2.35. The van der Waals surface area contributed by atoms with Crippen LogP contribution in [0.3, 0.4) is 0 Å². The van der Waals surface area contributed by atoms with Crippen molar-refractivity contribution in [2.45, 2.75) is 26.5 Å². The molecule has 0 aromatic heterocycles. The Morgan fingerprint density at radius 2 is 1.88 bits per heavy atom. The summed E-state index contributed by atoms with van der Waals surface area (Å²) in [6.45, 7) is 3.28. The van der Waals surface area contributed by atoms with Crippen LogP contribution in [0.1, 0.15) is 28.4 Å². The second-order valence-electron chi connectivity index (χ2n) is 5.36. The normalized spacial score (nSPS) is 11.6. The third-order valence-electron chi connectivity index (χ3n) is 3.49. The van der Waals surface area contributed by atoms with E-state index in [1.807, 2.05) is 0 Å². The van der Waals surface area contributed by atoms with Crippen LogP contribution in [0.25, 0.3) is 0 Å². The van der Waals surface area contributed by atoms with Crippen molar-refractivity contribution in [3.63, 3.8) is 0 Å². The van der Waals surface area contributed by atoms with Crippen molar-refractivity contribution in [3.05, 3.63) is 65.0 Å². The second-order valence-corrected chi connectivity index (χ2v) is 5.36. The number of hydrogen-bond donors (Lipinski definition) is 2. The van der Waals surface area contributed by atoms with Crippen molar-refractivity contribution in [2.75, 3.05) is 0 Å². The Kier molecular flexibility index (Phi) is 5.52. The van der Waals surface area contributed by atoms with Crippen molar-refractivity contribution in [2.24, 2.45) is 0 Å². The number of benzene rings is 2. The molecular formula is C18H18FNO4. The number of esters is 1. The molecule has 1 unspecified atom stereocenters. The maximum absolute atomic E-state index is 12.8. The van der Waals surface area contributed by atoms with Crippen LogP contribution in [0.2, 0.25) is 0 Å². The Bertz CT molecular complexity index is 743. The fourth-order valence-electron chi connectivity index (χ4n) is 2.04. The molecule has 0 fully saturated rings. The zero-order chi connectivity index (χ0) is 17.7. The van der Waals surface area contributed by atoms with E-state index in [1.165, 1.54) is 25.1 Å². The highest BCUT2D eigenvalue weighted by atomic mass is 19.1. The molecule has 0 aliphatic heterocycles. The fourth-order valence-corrected chi connectivity index (χ4v) is 2.04. The molecule has 2 rings (SSSR count). The summed E-state index contributed by atoms with van der Waals surface area (Å²) in [5.41, 5.74) is 1.27. The van der Waals surface area contributed by atoms with Gasteiger partial charge in [0, 0.05) is 6.54 Å². The molecule has 24 heavy (non-hydrogen) atoms. The smallest absolute Gasteiger partial charge is 0.342 e. The molecule has 6 heteroatoms. The van der Waals surface area contributed by atoms with Crippen LogP contribution in [-0.2, 0) is 16.1 Å². The molecule has 0 heterocycles. The minimum Gasteiger partial charge on any atom is -0.507 e. The molecule has 1 atom stereocenters. The first kappa shape index (κ1) is 17.5. The SMILES string of the molecule is Cc1cccc(C(=O)OC(C)C(=O)NCc2ccc(F)cc2)c1O. The standard InChI is InChI=1S/C18H18FNO4/c1-11-4-3-5-15(16(11)21)18(23)24-12(2)17(22)20-10-13-6-8-14(19)9-7-13/h3-9,12,21H,10H2,1-2H3,(H,20,22). The first-order chi connectivity index (χ1) is 11.4. The Morgan fingerprint density at radius 3 is 2.54 bits per heavy atom. The zero-order valence-electron chi connectivity index (χ0n) is 13.4. The fraction of sp³-hybridized carbons (Fsp3) is 0.222. The molecule has 0 aliphatic carbocycles. The molecule has 0 radical (unpaired) electrons. The summed E-state index contributed by atoms with van der Waals surface area (Å²) in [6, 6.07) is 10.4. The number of rotatable bonds is 5. The predicted molar refractivity (Wildman–Crippen MR) is 86.0 cm³/mol. The molecule has 5 nitrogen and oxygen atoms in total. The van der Waals surface area contributed by atoms with Crippen molar-refractivity contribution in [3.8, 4) is 5.75 Å². The summed E-state index contributed by atoms with van der Waals surface area (Å²) in [6.07, 6.45) is -1.03. The minimum atomic E-state index is -1.03. The highest BCUT2D eigenvalue weighted by molar-refractivity contribution is 5.94. The van der Waals surface area contributed by atoms with E-state index in [2.05, 4.69) is 5.32 Å². The molecule has 2 aromatic rings. The molecule has 2 N–H and O–H groups in total. The van der Waals surface area contributed by atoms with Gasteiger partial charge in [0.15, 0.2) is 6.10 Å². The topological polar surface area (TPSA) is 75.6 Å². The van der Waals surface area contributed by atoms with Gasteiger partial charge in [-0.3, -0.25) is 4.79 Å². The second kappa shape index (κ2) is 7.59. The highest BCUT2D eigenvalue weighted by Crippen LogP contribution is 2.22. The van der Waals surface area contributed by atoms with E-state index in [0.717, 1.165) is 5.56 Å². The Morgan fingerprint density at radius 1 is 1.21 bits per heavy atom. The van der Waals surface area contributed by atoms with Gasteiger partial charge in [-0.1, -0.05) is 24.3 Å². The van der Waals surface area contributed by atoms with E-state index in [4.69, 9.17) is 4.74 Å². The molecule has 0 saturated heterocycles. The number of carbonyl (C=O) groups is 2. The number of nitrogens with one attached hydrogen (secondary N) is 1. The maximum Gasteiger partial charge on any atom is 0.342 e. The van der Waals surface area contributed by atoms with E-state index in [9.17, 15) is 19.1 Å². The number of para-hydroxylation sites is 1. The average Bonchev–Trinajstić information content (AvgIpc) is 2.56. The lowest BCUT2D eigenvalue weighted by molar-refractivity contribution is -0.129. The summed E-state index contributed by atoms with van der Waals surface area (Å²) in [5, 5.41) is 12.5.